The maximum atomic E-state index is 13.3. The summed E-state index contributed by atoms with van der Waals surface area (Å²) < 4.78 is 0. The number of aliphatic imine (C=N–C) groups is 1. The number of rotatable bonds is 13. The second-order valence-electron chi connectivity index (χ2n) is 11.8. The van der Waals surface area contributed by atoms with Gasteiger partial charge in [0.1, 0.15) is 5.54 Å². The van der Waals surface area contributed by atoms with E-state index in [1.54, 1.807) is 4.90 Å². The molecule has 36 heavy (non-hydrogen) atoms. The molecule has 0 spiro atoms. The highest BCUT2D eigenvalue weighted by atomic mass is 16.2. The van der Waals surface area contributed by atoms with Crippen molar-refractivity contribution in [2.24, 2.45) is 34.4 Å². The van der Waals surface area contributed by atoms with Crippen molar-refractivity contribution in [3.63, 3.8) is 0 Å². The van der Waals surface area contributed by atoms with E-state index in [2.05, 4.69) is 47.6 Å². The molecule has 5 rings (SSSR count). The molecule has 1 heterocycles. The van der Waals surface area contributed by atoms with Crippen molar-refractivity contribution < 1.29 is 4.79 Å². The lowest BCUT2D eigenvalue weighted by Gasteiger charge is -2.26. The van der Waals surface area contributed by atoms with Crippen LogP contribution in [0.15, 0.2) is 59.1 Å². The monoisotopic (exact) mass is 488 g/mol. The maximum Gasteiger partial charge on any atom is 0.257 e. The fourth-order valence-electron chi connectivity index (χ4n) is 6.21. The van der Waals surface area contributed by atoms with Crippen molar-refractivity contribution in [3.8, 4) is 0 Å². The van der Waals surface area contributed by atoms with Gasteiger partial charge >= 0.3 is 0 Å². The van der Waals surface area contributed by atoms with E-state index >= 15 is 0 Å². The predicted molar refractivity (Wildman–Crippen MR) is 147 cm³/mol. The Morgan fingerprint density at radius 1 is 1.25 bits per heavy atom. The van der Waals surface area contributed by atoms with Gasteiger partial charge in [-0.25, -0.2) is 4.99 Å². The van der Waals surface area contributed by atoms with Gasteiger partial charge in [0.25, 0.3) is 5.91 Å². The van der Waals surface area contributed by atoms with Crippen LogP contribution < -0.4 is 11.1 Å². The Bertz CT molecular complexity index is 1010. The summed E-state index contributed by atoms with van der Waals surface area (Å²) in [7, 11) is 0. The number of aryl methyl sites for hydroxylation is 1. The molecule has 4 unspecified atom stereocenters. The smallest absolute Gasteiger partial charge is 0.257 e. The number of guanidine groups is 1. The number of nitrogens with zero attached hydrogens (tertiary/aromatic N) is 2. The second-order valence-corrected chi connectivity index (χ2v) is 11.8. The highest BCUT2D eigenvalue weighted by Gasteiger charge is 2.47. The molecule has 5 nitrogen and oxygen atoms in total. The van der Waals surface area contributed by atoms with E-state index in [1.807, 2.05) is 25.1 Å². The molecule has 5 heteroatoms. The zero-order valence-electron chi connectivity index (χ0n) is 22.2. The van der Waals surface area contributed by atoms with Gasteiger partial charge in [-0.2, -0.15) is 0 Å². The van der Waals surface area contributed by atoms with Gasteiger partial charge in [-0.3, -0.25) is 9.69 Å². The van der Waals surface area contributed by atoms with Crippen LogP contribution in [0.4, 0.5) is 0 Å². The summed E-state index contributed by atoms with van der Waals surface area (Å²) >= 11 is 0. The molecule has 1 aliphatic heterocycles. The van der Waals surface area contributed by atoms with E-state index < -0.39 is 5.54 Å². The zero-order chi connectivity index (χ0) is 25.1. The summed E-state index contributed by atoms with van der Waals surface area (Å²) in [5, 5.41) is 3.94. The number of benzene rings is 1. The molecule has 3 aliphatic carbocycles. The molecule has 1 amide bonds. The van der Waals surface area contributed by atoms with E-state index in [1.165, 1.54) is 49.7 Å². The Hall–Kier alpha value is -2.40. The third-order valence-corrected chi connectivity index (χ3v) is 8.81. The summed E-state index contributed by atoms with van der Waals surface area (Å²) in [6.07, 6.45) is 17.7. The summed E-state index contributed by atoms with van der Waals surface area (Å²) in [5.41, 5.74) is 8.09. The van der Waals surface area contributed by atoms with Gasteiger partial charge in [-0.1, -0.05) is 74.7 Å². The SMILES string of the molecule is CCCCC1CC1C(NCC1=CCC(CN2C(=O)[C@@](C)(CCc3ccccc3)N=C2N)C=C1)C1CC1. The number of nitrogens with one attached hydrogen (secondary N) is 1. The van der Waals surface area contributed by atoms with Gasteiger partial charge in [-0.15, -0.1) is 0 Å². The van der Waals surface area contributed by atoms with Crippen LogP contribution in [0.1, 0.15) is 70.8 Å². The highest BCUT2D eigenvalue weighted by Crippen LogP contribution is 2.51. The van der Waals surface area contributed by atoms with Gasteiger partial charge in [0.2, 0.25) is 0 Å². The lowest BCUT2D eigenvalue weighted by atomic mass is 9.92. The minimum Gasteiger partial charge on any atom is -0.369 e. The van der Waals surface area contributed by atoms with Gasteiger partial charge in [-0.05, 0) is 80.3 Å². The molecular formula is C31H44N4O. The Labute approximate surface area is 217 Å². The van der Waals surface area contributed by atoms with E-state index in [4.69, 9.17) is 5.73 Å². The number of hydrogen-bond acceptors (Lipinski definition) is 4. The first-order valence-corrected chi connectivity index (χ1v) is 14.3. The molecule has 2 saturated carbocycles. The molecule has 0 bridgehead atoms. The number of carbonyl (C=O) groups is 1. The van der Waals surface area contributed by atoms with Crippen LogP contribution in [0, 0.1) is 23.7 Å². The van der Waals surface area contributed by atoms with E-state index in [0.29, 0.717) is 25.0 Å². The molecule has 0 radical (unpaired) electrons. The average molecular weight is 489 g/mol. The minimum absolute atomic E-state index is 0.0371. The third-order valence-electron chi connectivity index (χ3n) is 8.81. The first kappa shape index (κ1) is 25.3. The van der Waals surface area contributed by atoms with Crippen LogP contribution in [0.3, 0.4) is 0 Å². The van der Waals surface area contributed by atoms with Crippen molar-refractivity contribution in [1.29, 1.82) is 0 Å². The van der Waals surface area contributed by atoms with E-state index in [0.717, 1.165) is 37.1 Å². The van der Waals surface area contributed by atoms with Crippen LogP contribution in [0.25, 0.3) is 0 Å². The van der Waals surface area contributed by atoms with Gasteiger partial charge in [0.15, 0.2) is 5.96 Å². The summed E-state index contributed by atoms with van der Waals surface area (Å²) in [6, 6.07) is 11.0. The summed E-state index contributed by atoms with van der Waals surface area (Å²) in [4.78, 5) is 19.6. The maximum absolute atomic E-state index is 13.3. The molecular weight excluding hydrogens is 444 g/mol. The molecule has 194 valence electrons. The molecule has 1 aromatic carbocycles. The molecule has 2 fully saturated rings. The van der Waals surface area contributed by atoms with Crippen molar-refractivity contribution in [3.05, 3.63) is 59.7 Å². The van der Waals surface area contributed by atoms with Crippen LogP contribution in [-0.4, -0.2) is 41.4 Å². The van der Waals surface area contributed by atoms with Crippen LogP contribution in [0.5, 0.6) is 0 Å². The number of hydrogen-bond donors (Lipinski definition) is 2. The number of unbranched alkanes of at least 4 members (excludes halogenated alkanes) is 1. The Morgan fingerprint density at radius 3 is 2.75 bits per heavy atom. The Morgan fingerprint density at radius 2 is 2.06 bits per heavy atom. The molecule has 0 aromatic heterocycles. The van der Waals surface area contributed by atoms with Gasteiger partial charge in [0.05, 0.1) is 0 Å². The Kier molecular flexibility index (Phi) is 7.66. The van der Waals surface area contributed by atoms with Crippen LogP contribution in [-0.2, 0) is 11.2 Å². The number of amides is 1. The molecule has 4 aliphatic rings. The predicted octanol–water partition coefficient (Wildman–Crippen LogP) is 5.23. The third kappa shape index (κ3) is 5.94. The first-order chi connectivity index (χ1) is 17.5. The zero-order valence-corrected chi connectivity index (χ0v) is 22.2. The van der Waals surface area contributed by atoms with Crippen LogP contribution >= 0.6 is 0 Å². The van der Waals surface area contributed by atoms with Gasteiger partial charge in [0, 0.05) is 19.1 Å². The summed E-state index contributed by atoms with van der Waals surface area (Å²) in [5.74, 6) is 3.47. The van der Waals surface area contributed by atoms with Crippen LogP contribution in [0.2, 0.25) is 0 Å². The van der Waals surface area contributed by atoms with Crippen molar-refractivity contribution >= 4 is 11.9 Å². The molecule has 1 aromatic rings. The standard InChI is InChI=1S/C31H44N4O/c1-3-4-10-26-19-27(26)28(25-15-16-25)33-20-23-11-13-24(14-12-23)21-35-29(36)31(2,34-30(35)32)18-17-22-8-6-5-7-9-22/h5-9,11-13,24-28,33H,3-4,10,14-21H2,1-2H3,(H2,32,34)/t24?,26?,27?,28?,31-/m1/s1. The first-order valence-electron chi connectivity index (χ1n) is 14.3. The molecule has 5 atom stereocenters. The molecule has 3 N–H and O–H groups in total. The van der Waals surface area contributed by atoms with Crippen molar-refractivity contribution in [1.82, 2.24) is 10.2 Å². The summed E-state index contributed by atoms with van der Waals surface area (Å²) in [6.45, 7) is 5.79. The Balaban J connectivity index is 1.09. The van der Waals surface area contributed by atoms with Crippen molar-refractivity contribution in [2.75, 3.05) is 13.1 Å². The van der Waals surface area contributed by atoms with Gasteiger partial charge < -0.3 is 11.1 Å². The van der Waals surface area contributed by atoms with E-state index in [-0.39, 0.29) is 11.8 Å². The average Bonchev–Trinajstić information content (AvgIpc) is 3.82. The van der Waals surface area contributed by atoms with E-state index in [9.17, 15) is 4.79 Å². The minimum atomic E-state index is -0.765. The normalized spacial score (nSPS) is 30.3. The quantitative estimate of drug-likeness (QED) is 0.399. The number of allylic oxidation sites excluding steroid dienone is 1. The lowest BCUT2D eigenvalue weighted by Crippen LogP contribution is -2.45. The number of nitrogens with two attached hydrogens (primary N) is 1. The fourth-order valence-corrected chi connectivity index (χ4v) is 6.21. The fraction of sp³-hybridized carbons (Fsp3) is 0.613. The second kappa shape index (κ2) is 10.9. The number of carbonyl (C=O) groups excluding carboxylic acids is 1. The lowest BCUT2D eigenvalue weighted by molar-refractivity contribution is -0.131. The highest BCUT2D eigenvalue weighted by molar-refractivity contribution is 6.06. The largest absolute Gasteiger partial charge is 0.369 e. The molecule has 0 saturated heterocycles. The van der Waals surface area contributed by atoms with Crippen molar-refractivity contribution in [2.45, 2.75) is 83.2 Å². The topological polar surface area (TPSA) is 70.7 Å².